The van der Waals surface area contributed by atoms with Gasteiger partial charge in [0.1, 0.15) is 5.82 Å². The first-order chi connectivity index (χ1) is 21.0. The zero-order valence-corrected chi connectivity index (χ0v) is 24.1. The third-order valence-corrected chi connectivity index (χ3v) is 8.13. The van der Waals surface area contributed by atoms with Crippen molar-refractivity contribution in [2.24, 2.45) is 4.99 Å². The Morgan fingerprint density at radius 3 is 1.91 bits per heavy atom. The van der Waals surface area contributed by atoms with Crippen LogP contribution in [0.4, 0.5) is 51.3 Å². The molecule has 242 valence electrons. The standard InChI is InChI=1S/C30H29F9N6/c1-3-24-10-25(16-44(24)26-5-4-21(14-41-26)28(31,32)33)45(27-42-12-20(13-43-27)19-6-17(2)40-11-19)15-18-7-22(29(34,35)36)9-23(8-18)30(37,38)39/h4-5,7-9,11-14,17,19,24-25H,3,6,10,15-16H2,1-2H3/t17?,19?,24-,25?/m1/s1. The van der Waals surface area contributed by atoms with Gasteiger partial charge in [-0.2, -0.15) is 39.5 Å². The third-order valence-electron chi connectivity index (χ3n) is 8.13. The van der Waals surface area contributed by atoms with Gasteiger partial charge in [0, 0.05) is 55.9 Å². The molecule has 0 spiro atoms. The van der Waals surface area contributed by atoms with Gasteiger partial charge in [0.2, 0.25) is 5.95 Å². The van der Waals surface area contributed by atoms with Crippen molar-refractivity contribution in [3.8, 4) is 0 Å². The first kappa shape index (κ1) is 32.5. The van der Waals surface area contributed by atoms with Gasteiger partial charge in [0.05, 0.1) is 22.7 Å². The normalized spacial score (nSPS) is 22.3. The zero-order valence-electron chi connectivity index (χ0n) is 24.1. The summed E-state index contributed by atoms with van der Waals surface area (Å²) in [6.45, 7) is 3.61. The van der Waals surface area contributed by atoms with Gasteiger partial charge in [-0.3, -0.25) is 4.99 Å². The van der Waals surface area contributed by atoms with Crippen molar-refractivity contribution in [3.63, 3.8) is 0 Å². The summed E-state index contributed by atoms with van der Waals surface area (Å²) in [4.78, 5) is 20.6. The van der Waals surface area contributed by atoms with Gasteiger partial charge in [-0.25, -0.2) is 15.0 Å². The largest absolute Gasteiger partial charge is 0.417 e. The van der Waals surface area contributed by atoms with Gasteiger partial charge < -0.3 is 9.80 Å². The van der Waals surface area contributed by atoms with Crippen molar-refractivity contribution < 1.29 is 39.5 Å². The van der Waals surface area contributed by atoms with Crippen LogP contribution in [0.2, 0.25) is 0 Å². The second-order valence-corrected chi connectivity index (χ2v) is 11.4. The predicted octanol–water partition coefficient (Wildman–Crippen LogP) is 7.94. The maximum Gasteiger partial charge on any atom is 0.417 e. The first-order valence-corrected chi connectivity index (χ1v) is 14.2. The number of nitrogens with zero attached hydrogens (tertiary/aromatic N) is 6. The van der Waals surface area contributed by atoms with Crippen LogP contribution in [-0.2, 0) is 25.1 Å². The topological polar surface area (TPSA) is 57.5 Å². The minimum atomic E-state index is -5.02. The van der Waals surface area contributed by atoms with E-state index >= 15 is 0 Å². The van der Waals surface area contributed by atoms with Gasteiger partial charge in [-0.15, -0.1) is 0 Å². The van der Waals surface area contributed by atoms with E-state index in [9.17, 15) is 39.5 Å². The third kappa shape index (κ3) is 7.33. The smallest absolute Gasteiger partial charge is 0.352 e. The number of hydrogen-bond acceptors (Lipinski definition) is 6. The average molecular weight is 645 g/mol. The summed E-state index contributed by atoms with van der Waals surface area (Å²) in [6.07, 6.45) is -7.30. The summed E-state index contributed by atoms with van der Waals surface area (Å²) in [5.41, 5.74) is -3.28. The molecular formula is C30H29F9N6. The molecule has 2 aliphatic rings. The Morgan fingerprint density at radius 2 is 1.42 bits per heavy atom. The van der Waals surface area contributed by atoms with Crippen molar-refractivity contribution in [2.45, 2.75) is 82.2 Å². The van der Waals surface area contributed by atoms with Crippen LogP contribution in [0.3, 0.4) is 0 Å². The summed E-state index contributed by atoms with van der Waals surface area (Å²) < 4.78 is 121. The van der Waals surface area contributed by atoms with Crippen LogP contribution in [0.1, 0.15) is 66.8 Å². The molecule has 15 heteroatoms. The number of aromatic nitrogens is 3. The lowest BCUT2D eigenvalue weighted by Crippen LogP contribution is -2.39. The van der Waals surface area contributed by atoms with Crippen LogP contribution in [0.5, 0.6) is 0 Å². The van der Waals surface area contributed by atoms with E-state index < -0.39 is 41.3 Å². The van der Waals surface area contributed by atoms with Crippen molar-refractivity contribution in [1.82, 2.24) is 15.0 Å². The molecule has 0 N–H and O–H groups in total. The molecule has 1 saturated heterocycles. The Kier molecular flexibility index (Phi) is 8.75. The number of halogens is 9. The van der Waals surface area contributed by atoms with Gasteiger partial charge in [0.15, 0.2) is 0 Å². The molecule has 45 heavy (non-hydrogen) atoms. The molecule has 4 atom stereocenters. The number of benzene rings is 1. The minimum Gasteiger partial charge on any atom is -0.352 e. The number of rotatable bonds is 7. The lowest BCUT2D eigenvalue weighted by atomic mass is 9.99. The highest BCUT2D eigenvalue weighted by Gasteiger charge is 2.40. The fourth-order valence-corrected chi connectivity index (χ4v) is 5.81. The fraction of sp³-hybridized carbons (Fsp3) is 0.467. The van der Waals surface area contributed by atoms with E-state index in [2.05, 4.69) is 19.9 Å². The number of aliphatic imine (C=N–C) groups is 1. The average Bonchev–Trinajstić information content (AvgIpc) is 3.61. The Labute approximate surface area is 253 Å². The van der Waals surface area contributed by atoms with E-state index in [-0.39, 0.29) is 54.5 Å². The fourth-order valence-electron chi connectivity index (χ4n) is 5.81. The molecule has 0 amide bonds. The quantitative estimate of drug-likeness (QED) is 0.245. The summed E-state index contributed by atoms with van der Waals surface area (Å²) in [5.74, 6) is 0.328. The highest BCUT2D eigenvalue weighted by atomic mass is 19.4. The maximum absolute atomic E-state index is 13.7. The highest BCUT2D eigenvalue weighted by Crippen LogP contribution is 2.38. The number of anilines is 2. The molecule has 5 rings (SSSR count). The van der Waals surface area contributed by atoms with Crippen molar-refractivity contribution >= 4 is 18.0 Å². The Hall–Kier alpha value is -3.91. The van der Waals surface area contributed by atoms with Crippen molar-refractivity contribution in [3.05, 3.63) is 76.7 Å². The van der Waals surface area contributed by atoms with E-state index in [1.54, 1.807) is 28.4 Å². The van der Waals surface area contributed by atoms with E-state index in [0.717, 1.165) is 24.2 Å². The number of pyridine rings is 1. The first-order valence-electron chi connectivity index (χ1n) is 14.2. The zero-order chi connectivity index (χ0) is 32.7. The van der Waals surface area contributed by atoms with E-state index in [4.69, 9.17) is 0 Å². The lowest BCUT2D eigenvalue weighted by Gasteiger charge is -2.30. The van der Waals surface area contributed by atoms with Crippen molar-refractivity contribution in [1.29, 1.82) is 0 Å². The lowest BCUT2D eigenvalue weighted by molar-refractivity contribution is -0.143. The Bertz CT molecular complexity index is 1470. The van der Waals surface area contributed by atoms with Gasteiger partial charge in [-0.1, -0.05) is 6.92 Å². The monoisotopic (exact) mass is 644 g/mol. The van der Waals surface area contributed by atoms with Crippen LogP contribution < -0.4 is 9.80 Å². The molecule has 3 aromatic rings. The number of hydrogen-bond donors (Lipinski definition) is 0. The van der Waals surface area contributed by atoms with Crippen LogP contribution >= 0.6 is 0 Å². The molecule has 3 unspecified atom stereocenters. The van der Waals surface area contributed by atoms with E-state index in [0.29, 0.717) is 25.0 Å². The molecular weight excluding hydrogens is 615 g/mol. The molecule has 0 bridgehead atoms. The summed E-state index contributed by atoms with van der Waals surface area (Å²) in [6, 6.07) is 2.94. The predicted molar refractivity (Wildman–Crippen MR) is 149 cm³/mol. The Balaban J connectivity index is 1.51. The van der Waals surface area contributed by atoms with Crippen LogP contribution in [-0.4, -0.2) is 45.8 Å². The van der Waals surface area contributed by atoms with E-state index in [1.807, 2.05) is 13.8 Å². The van der Waals surface area contributed by atoms with Crippen molar-refractivity contribution in [2.75, 3.05) is 16.3 Å². The molecule has 0 radical (unpaired) electrons. The summed E-state index contributed by atoms with van der Waals surface area (Å²) in [7, 11) is 0. The van der Waals surface area contributed by atoms with Crippen LogP contribution in [0.25, 0.3) is 0 Å². The molecule has 2 aliphatic heterocycles. The van der Waals surface area contributed by atoms with Gasteiger partial charge >= 0.3 is 18.5 Å². The highest BCUT2D eigenvalue weighted by molar-refractivity contribution is 5.70. The van der Waals surface area contributed by atoms with Crippen LogP contribution in [0, 0.1) is 0 Å². The number of alkyl halides is 9. The summed E-state index contributed by atoms with van der Waals surface area (Å²) in [5, 5.41) is 0. The van der Waals surface area contributed by atoms with Gasteiger partial charge in [0.25, 0.3) is 0 Å². The second-order valence-electron chi connectivity index (χ2n) is 11.4. The van der Waals surface area contributed by atoms with Gasteiger partial charge in [-0.05, 0) is 67.6 Å². The van der Waals surface area contributed by atoms with Crippen LogP contribution in [0.15, 0.2) is 53.9 Å². The molecule has 1 aromatic carbocycles. The molecule has 0 saturated carbocycles. The second kappa shape index (κ2) is 12.1. The molecule has 1 fully saturated rings. The molecule has 0 aliphatic carbocycles. The SMILES string of the molecule is CC[C@@H]1CC(N(Cc2cc(C(F)(F)F)cc(C(F)(F)F)c2)c2ncc(C3C=NC(C)C3)cn2)CN1c1ccc(C(F)(F)F)cn1. The molecule has 6 nitrogen and oxygen atoms in total. The maximum atomic E-state index is 13.7. The molecule has 4 heterocycles. The summed E-state index contributed by atoms with van der Waals surface area (Å²) >= 11 is 0. The van der Waals surface area contributed by atoms with E-state index in [1.165, 1.54) is 6.07 Å². The Morgan fingerprint density at radius 1 is 0.800 bits per heavy atom. The minimum absolute atomic E-state index is 0.0301. The molecule has 2 aromatic heterocycles.